The van der Waals surface area contributed by atoms with Crippen LogP contribution < -0.4 is 9.64 Å². The van der Waals surface area contributed by atoms with Crippen LogP contribution in [0.5, 0.6) is 5.75 Å². The fraction of sp³-hybridized carbons (Fsp3) is 0.500. The topological polar surface area (TPSA) is 68.7 Å². The fourth-order valence-corrected chi connectivity index (χ4v) is 5.78. The maximum absolute atomic E-state index is 13.3. The number of rotatable bonds is 2. The van der Waals surface area contributed by atoms with Crippen LogP contribution in [0.25, 0.3) is 10.2 Å². The second-order valence-electron chi connectivity index (χ2n) is 7.71. The zero-order valence-electron chi connectivity index (χ0n) is 14.9. The zero-order chi connectivity index (χ0) is 20.1. The van der Waals surface area contributed by atoms with E-state index in [0.29, 0.717) is 10.2 Å². The van der Waals surface area contributed by atoms with E-state index in [1.165, 1.54) is 12.1 Å². The van der Waals surface area contributed by atoms with E-state index in [2.05, 4.69) is 9.72 Å². The molecule has 4 atom stereocenters. The number of amides is 2. The van der Waals surface area contributed by atoms with Crippen molar-refractivity contribution < 1.29 is 32.2 Å². The van der Waals surface area contributed by atoms with Crippen molar-refractivity contribution in [3.63, 3.8) is 0 Å². The summed E-state index contributed by atoms with van der Waals surface area (Å²) in [7, 11) is 0. The van der Waals surface area contributed by atoms with E-state index in [9.17, 15) is 22.8 Å². The predicted octanol–water partition coefficient (Wildman–Crippen LogP) is 3.64. The largest absolute Gasteiger partial charge is 0.573 e. The molecule has 28 heavy (non-hydrogen) atoms. The number of carbonyl (C=O) groups excluding carboxylic acids is 2. The molecule has 5 rings (SSSR count). The van der Waals surface area contributed by atoms with Gasteiger partial charge in [-0.25, -0.2) is 9.88 Å². The van der Waals surface area contributed by atoms with Crippen LogP contribution in [-0.2, 0) is 14.3 Å². The van der Waals surface area contributed by atoms with E-state index in [1.54, 1.807) is 13.8 Å². The molecule has 2 aromatic rings. The lowest BCUT2D eigenvalue weighted by atomic mass is 9.59. The molecule has 0 spiro atoms. The summed E-state index contributed by atoms with van der Waals surface area (Å²) in [5, 5.41) is 0.158. The van der Waals surface area contributed by atoms with Gasteiger partial charge in [0.1, 0.15) is 5.75 Å². The number of carbonyl (C=O) groups is 2. The molecule has 4 heterocycles. The van der Waals surface area contributed by atoms with Crippen LogP contribution in [0.15, 0.2) is 18.2 Å². The first-order valence-corrected chi connectivity index (χ1v) is 9.58. The summed E-state index contributed by atoms with van der Waals surface area (Å²) in [6.45, 7) is 3.53. The minimum absolute atomic E-state index is 0.158. The van der Waals surface area contributed by atoms with Crippen molar-refractivity contribution in [2.24, 2.45) is 10.8 Å². The standard InChI is InChI=1S/C18H15F3N2O4S/c1-16-11-5-6-12(26-11)17(16,2)14(25)23(13(16)24)15-22-9-4-3-8(7-10(9)28-15)27-18(19,20)21/h3-4,7,11-12H,5-6H2,1-2H3/t11-,12+,16+,17?/m1/s1. The smallest absolute Gasteiger partial charge is 0.406 e. The Hall–Kier alpha value is -2.20. The van der Waals surface area contributed by atoms with Gasteiger partial charge in [-0.3, -0.25) is 9.59 Å². The van der Waals surface area contributed by atoms with Crippen molar-refractivity contribution in [1.82, 2.24) is 4.98 Å². The molecule has 1 unspecified atom stereocenters. The highest BCUT2D eigenvalue weighted by Crippen LogP contribution is 2.64. The Morgan fingerprint density at radius 1 is 1.18 bits per heavy atom. The first kappa shape index (κ1) is 17.9. The first-order valence-electron chi connectivity index (χ1n) is 8.76. The van der Waals surface area contributed by atoms with Crippen LogP contribution in [0, 0.1) is 10.8 Å². The molecule has 3 saturated heterocycles. The second-order valence-corrected chi connectivity index (χ2v) is 8.72. The van der Waals surface area contributed by atoms with E-state index in [0.717, 1.165) is 35.1 Å². The Morgan fingerprint density at radius 2 is 1.79 bits per heavy atom. The molecule has 0 radical (unpaired) electrons. The van der Waals surface area contributed by atoms with Crippen LogP contribution in [0.4, 0.5) is 18.3 Å². The minimum atomic E-state index is -4.80. The van der Waals surface area contributed by atoms with E-state index in [1.807, 2.05) is 0 Å². The van der Waals surface area contributed by atoms with Crippen LogP contribution in [0.2, 0.25) is 0 Å². The third-order valence-electron chi connectivity index (χ3n) is 6.45. The SMILES string of the molecule is CC12C(=O)N(c3nc4ccc(OC(F)(F)F)cc4s3)C(=O)[C@]1(C)[C@H]1CC[C@@H]2O1. The quantitative estimate of drug-likeness (QED) is 0.705. The van der Waals surface area contributed by atoms with Crippen molar-refractivity contribution in [2.45, 2.75) is 45.3 Å². The Bertz CT molecular complexity index is 1000. The van der Waals surface area contributed by atoms with Crippen molar-refractivity contribution in [3.05, 3.63) is 18.2 Å². The van der Waals surface area contributed by atoms with Crippen molar-refractivity contribution in [3.8, 4) is 5.75 Å². The van der Waals surface area contributed by atoms with Gasteiger partial charge in [-0.1, -0.05) is 11.3 Å². The molecule has 1 aromatic heterocycles. The Kier molecular flexibility index (Phi) is 3.34. The molecular formula is C18H15F3N2O4S. The number of imide groups is 1. The highest BCUT2D eigenvalue weighted by Gasteiger charge is 2.77. The van der Waals surface area contributed by atoms with Gasteiger partial charge in [-0.2, -0.15) is 0 Å². The van der Waals surface area contributed by atoms with Crippen LogP contribution >= 0.6 is 11.3 Å². The molecular weight excluding hydrogens is 397 g/mol. The first-order chi connectivity index (χ1) is 13.1. The summed E-state index contributed by atoms with van der Waals surface area (Å²) in [6, 6.07) is 3.73. The molecule has 3 aliphatic rings. The molecule has 148 valence electrons. The normalized spacial score (nSPS) is 34.5. The number of halogens is 3. The molecule has 3 aliphatic heterocycles. The zero-order valence-corrected chi connectivity index (χ0v) is 15.7. The molecule has 0 saturated carbocycles. The van der Waals surface area contributed by atoms with Crippen molar-refractivity contribution >= 4 is 38.5 Å². The van der Waals surface area contributed by atoms with Gasteiger partial charge in [0.05, 0.1) is 33.3 Å². The van der Waals surface area contributed by atoms with E-state index in [-0.39, 0.29) is 34.9 Å². The number of alkyl halides is 3. The summed E-state index contributed by atoms with van der Waals surface area (Å²) in [5.41, 5.74) is -1.54. The summed E-state index contributed by atoms with van der Waals surface area (Å²) in [4.78, 5) is 31.9. The van der Waals surface area contributed by atoms with Crippen LogP contribution in [0.1, 0.15) is 26.7 Å². The van der Waals surface area contributed by atoms with Gasteiger partial charge in [-0.15, -0.1) is 13.2 Å². The van der Waals surface area contributed by atoms with Crippen molar-refractivity contribution in [2.75, 3.05) is 4.90 Å². The van der Waals surface area contributed by atoms with Crippen LogP contribution in [0.3, 0.4) is 0 Å². The van der Waals surface area contributed by atoms with E-state index in [4.69, 9.17) is 4.74 Å². The lowest BCUT2D eigenvalue weighted by Gasteiger charge is -2.36. The maximum Gasteiger partial charge on any atom is 0.573 e. The number of benzene rings is 1. The Morgan fingerprint density at radius 3 is 2.36 bits per heavy atom. The molecule has 3 fully saturated rings. The monoisotopic (exact) mass is 412 g/mol. The van der Waals surface area contributed by atoms with Crippen molar-refractivity contribution in [1.29, 1.82) is 0 Å². The summed E-state index contributed by atoms with van der Waals surface area (Å²) in [6.07, 6.45) is -3.99. The number of fused-ring (bicyclic) bond motifs is 6. The Labute approximate surface area is 161 Å². The van der Waals surface area contributed by atoms with Gasteiger partial charge in [0.2, 0.25) is 11.8 Å². The molecule has 0 N–H and O–H groups in total. The number of hydrogen-bond acceptors (Lipinski definition) is 6. The average molecular weight is 412 g/mol. The van der Waals surface area contributed by atoms with E-state index >= 15 is 0 Å². The number of aromatic nitrogens is 1. The highest BCUT2D eigenvalue weighted by molar-refractivity contribution is 7.22. The molecule has 10 heteroatoms. The summed E-state index contributed by atoms with van der Waals surface area (Å²) < 4.78 is 47.5. The third-order valence-corrected chi connectivity index (χ3v) is 7.46. The maximum atomic E-state index is 13.3. The number of nitrogens with zero attached hydrogens (tertiary/aromatic N) is 2. The van der Waals surface area contributed by atoms with Gasteiger partial charge in [0.25, 0.3) is 0 Å². The molecule has 2 bridgehead atoms. The van der Waals surface area contributed by atoms with Crippen LogP contribution in [-0.4, -0.2) is 35.4 Å². The number of anilines is 1. The summed E-state index contributed by atoms with van der Waals surface area (Å²) >= 11 is 0.986. The number of ether oxygens (including phenoxy) is 2. The third kappa shape index (κ3) is 2.04. The lowest BCUT2D eigenvalue weighted by Crippen LogP contribution is -2.48. The fourth-order valence-electron chi connectivity index (χ4n) is 4.79. The van der Waals surface area contributed by atoms with Gasteiger partial charge in [-0.05, 0) is 38.8 Å². The molecule has 2 amide bonds. The van der Waals surface area contributed by atoms with Gasteiger partial charge in [0, 0.05) is 6.07 Å². The number of thiazole rings is 1. The highest BCUT2D eigenvalue weighted by atomic mass is 32.1. The van der Waals surface area contributed by atoms with Gasteiger partial charge < -0.3 is 9.47 Å². The summed E-state index contributed by atoms with van der Waals surface area (Å²) in [5.74, 6) is -1.10. The number of hydrogen-bond donors (Lipinski definition) is 0. The Balaban J connectivity index is 1.56. The van der Waals surface area contributed by atoms with E-state index < -0.39 is 17.2 Å². The lowest BCUT2D eigenvalue weighted by molar-refractivity contribution is -0.274. The van der Waals surface area contributed by atoms with Gasteiger partial charge >= 0.3 is 6.36 Å². The molecule has 6 nitrogen and oxygen atoms in total. The molecule has 1 aromatic carbocycles. The predicted molar refractivity (Wildman–Crippen MR) is 92.9 cm³/mol. The second kappa shape index (κ2) is 5.24. The van der Waals surface area contributed by atoms with Gasteiger partial charge in [0.15, 0.2) is 5.13 Å². The average Bonchev–Trinajstić information content (AvgIpc) is 3.31. The minimum Gasteiger partial charge on any atom is -0.406 e. The molecule has 0 aliphatic carbocycles.